The van der Waals surface area contributed by atoms with E-state index in [1.807, 2.05) is 54.6 Å². The van der Waals surface area contributed by atoms with Crippen LogP contribution in [0.15, 0.2) is 65.3 Å². The van der Waals surface area contributed by atoms with Gasteiger partial charge in [0, 0.05) is 28.1 Å². The molecule has 0 aliphatic heterocycles. The van der Waals surface area contributed by atoms with Crippen LogP contribution in [-0.4, -0.2) is 17.1 Å². The van der Waals surface area contributed by atoms with Gasteiger partial charge in [-0.05, 0) is 36.4 Å². The maximum Gasteiger partial charge on any atom is 0.229 e. The molecule has 6 heteroatoms. The molecule has 3 rings (SSSR count). The van der Waals surface area contributed by atoms with Crippen LogP contribution < -0.4 is 15.4 Å². The molecule has 0 atom stereocenters. The summed E-state index contributed by atoms with van der Waals surface area (Å²) >= 11 is 3.44. The van der Waals surface area contributed by atoms with E-state index in [1.165, 1.54) is 0 Å². The maximum atomic E-state index is 5.22. The lowest BCUT2D eigenvalue weighted by Gasteiger charge is -2.09. The van der Waals surface area contributed by atoms with Gasteiger partial charge in [-0.15, -0.1) is 0 Å². The van der Waals surface area contributed by atoms with E-state index >= 15 is 0 Å². The van der Waals surface area contributed by atoms with Crippen LogP contribution in [0.4, 0.5) is 23.1 Å². The molecular weight excluding hydrogens is 356 g/mol. The van der Waals surface area contributed by atoms with Gasteiger partial charge in [-0.2, -0.15) is 4.98 Å². The summed E-state index contributed by atoms with van der Waals surface area (Å²) in [6.45, 7) is 0. The Bertz CT molecular complexity index is 810. The average molecular weight is 371 g/mol. The number of anilines is 4. The monoisotopic (exact) mass is 370 g/mol. The van der Waals surface area contributed by atoms with Crippen molar-refractivity contribution in [1.82, 2.24) is 9.97 Å². The van der Waals surface area contributed by atoms with Crippen LogP contribution in [0.2, 0.25) is 0 Å². The van der Waals surface area contributed by atoms with E-state index in [2.05, 4.69) is 36.5 Å². The molecule has 116 valence electrons. The molecule has 0 spiro atoms. The van der Waals surface area contributed by atoms with Crippen LogP contribution >= 0.6 is 15.9 Å². The molecular formula is C17H15BrN4O. The fraction of sp³-hybridized carbons (Fsp3) is 0.0588. The predicted molar refractivity (Wildman–Crippen MR) is 95.7 cm³/mol. The van der Waals surface area contributed by atoms with Crippen molar-refractivity contribution in [1.29, 1.82) is 0 Å². The van der Waals surface area contributed by atoms with Gasteiger partial charge in [-0.1, -0.05) is 28.1 Å². The highest BCUT2D eigenvalue weighted by atomic mass is 79.9. The van der Waals surface area contributed by atoms with Crippen molar-refractivity contribution in [3.8, 4) is 5.75 Å². The number of ether oxygens (including phenoxy) is 1. The van der Waals surface area contributed by atoms with E-state index in [4.69, 9.17) is 4.74 Å². The summed E-state index contributed by atoms with van der Waals surface area (Å²) in [4.78, 5) is 8.70. The van der Waals surface area contributed by atoms with E-state index < -0.39 is 0 Å². The van der Waals surface area contributed by atoms with Crippen LogP contribution in [0.25, 0.3) is 0 Å². The SMILES string of the molecule is COc1cccc(Nc2ccnc(Nc3cccc(Br)c3)n2)c1. The minimum Gasteiger partial charge on any atom is -0.497 e. The van der Waals surface area contributed by atoms with Crippen LogP contribution in [0, 0.1) is 0 Å². The Balaban J connectivity index is 1.76. The molecule has 2 N–H and O–H groups in total. The highest BCUT2D eigenvalue weighted by Gasteiger charge is 2.02. The summed E-state index contributed by atoms with van der Waals surface area (Å²) in [5.74, 6) is 2.01. The van der Waals surface area contributed by atoms with Crippen molar-refractivity contribution in [3.05, 3.63) is 65.3 Å². The van der Waals surface area contributed by atoms with Gasteiger partial charge in [0.1, 0.15) is 11.6 Å². The number of nitrogens with zero attached hydrogens (tertiary/aromatic N) is 2. The zero-order chi connectivity index (χ0) is 16.1. The molecule has 0 radical (unpaired) electrons. The van der Waals surface area contributed by atoms with E-state index in [9.17, 15) is 0 Å². The molecule has 0 aliphatic rings. The molecule has 0 aliphatic carbocycles. The molecule has 0 saturated carbocycles. The first-order valence-corrected chi connectivity index (χ1v) is 7.79. The number of hydrogen-bond donors (Lipinski definition) is 2. The number of benzene rings is 2. The summed E-state index contributed by atoms with van der Waals surface area (Å²) in [6.07, 6.45) is 1.70. The van der Waals surface area contributed by atoms with Gasteiger partial charge in [-0.3, -0.25) is 0 Å². The summed E-state index contributed by atoms with van der Waals surface area (Å²) in [7, 11) is 1.64. The summed E-state index contributed by atoms with van der Waals surface area (Å²) in [5, 5.41) is 6.41. The molecule has 0 fully saturated rings. The Hall–Kier alpha value is -2.60. The summed E-state index contributed by atoms with van der Waals surface area (Å²) in [5.41, 5.74) is 1.81. The van der Waals surface area contributed by atoms with Crippen molar-refractivity contribution in [2.24, 2.45) is 0 Å². The maximum absolute atomic E-state index is 5.22. The number of nitrogens with one attached hydrogen (secondary N) is 2. The zero-order valence-corrected chi connectivity index (χ0v) is 14.0. The first-order chi connectivity index (χ1) is 11.2. The van der Waals surface area contributed by atoms with Gasteiger partial charge in [0.05, 0.1) is 7.11 Å². The largest absolute Gasteiger partial charge is 0.497 e. The minimum atomic E-state index is 0.524. The summed E-state index contributed by atoms with van der Waals surface area (Å²) < 4.78 is 6.21. The Morgan fingerprint density at radius 2 is 1.74 bits per heavy atom. The first kappa shape index (κ1) is 15.3. The van der Waals surface area contributed by atoms with Crippen LogP contribution in [0.1, 0.15) is 0 Å². The summed E-state index contributed by atoms with van der Waals surface area (Å²) in [6, 6.07) is 17.3. The number of rotatable bonds is 5. The normalized spacial score (nSPS) is 10.2. The standard InChI is InChI=1S/C17H15BrN4O/c1-23-15-7-3-6-14(11-15)20-16-8-9-19-17(22-16)21-13-5-2-4-12(18)10-13/h2-11H,1H3,(H2,19,20,21,22). The van der Waals surface area contributed by atoms with Crippen LogP contribution in [0.5, 0.6) is 5.75 Å². The predicted octanol–water partition coefficient (Wildman–Crippen LogP) is 4.73. The average Bonchev–Trinajstić information content (AvgIpc) is 2.55. The molecule has 23 heavy (non-hydrogen) atoms. The Morgan fingerprint density at radius 3 is 2.52 bits per heavy atom. The van der Waals surface area contributed by atoms with Gasteiger partial charge < -0.3 is 15.4 Å². The highest BCUT2D eigenvalue weighted by molar-refractivity contribution is 9.10. The number of aromatic nitrogens is 2. The molecule has 3 aromatic rings. The molecule has 2 aromatic carbocycles. The Morgan fingerprint density at radius 1 is 0.957 bits per heavy atom. The van der Waals surface area contributed by atoms with Gasteiger partial charge in [0.25, 0.3) is 0 Å². The van der Waals surface area contributed by atoms with Crippen molar-refractivity contribution < 1.29 is 4.74 Å². The molecule has 0 amide bonds. The van der Waals surface area contributed by atoms with Gasteiger partial charge >= 0.3 is 0 Å². The second kappa shape index (κ2) is 7.11. The Kier molecular flexibility index (Phi) is 4.73. The molecule has 1 aromatic heterocycles. The van der Waals surface area contributed by atoms with E-state index in [-0.39, 0.29) is 0 Å². The fourth-order valence-electron chi connectivity index (χ4n) is 2.03. The topological polar surface area (TPSA) is 59.1 Å². The van der Waals surface area contributed by atoms with Gasteiger partial charge in [0.15, 0.2) is 0 Å². The molecule has 1 heterocycles. The number of halogens is 1. The van der Waals surface area contributed by atoms with Crippen molar-refractivity contribution in [3.63, 3.8) is 0 Å². The second-order valence-electron chi connectivity index (χ2n) is 4.76. The molecule has 0 saturated heterocycles. The lowest BCUT2D eigenvalue weighted by atomic mass is 10.3. The first-order valence-electron chi connectivity index (χ1n) is 7.00. The Labute approximate surface area is 142 Å². The molecule has 5 nitrogen and oxygen atoms in total. The van der Waals surface area contributed by atoms with E-state index in [0.717, 1.165) is 21.6 Å². The molecule has 0 bridgehead atoms. The van der Waals surface area contributed by atoms with Crippen molar-refractivity contribution >= 4 is 39.1 Å². The lowest BCUT2D eigenvalue weighted by molar-refractivity contribution is 0.415. The second-order valence-corrected chi connectivity index (χ2v) is 5.67. The third kappa shape index (κ3) is 4.20. The quantitative estimate of drug-likeness (QED) is 0.679. The number of methoxy groups -OCH3 is 1. The third-order valence-electron chi connectivity index (χ3n) is 3.08. The van der Waals surface area contributed by atoms with Crippen molar-refractivity contribution in [2.75, 3.05) is 17.7 Å². The van der Waals surface area contributed by atoms with E-state index in [1.54, 1.807) is 13.3 Å². The third-order valence-corrected chi connectivity index (χ3v) is 3.57. The minimum absolute atomic E-state index is 0.524. The van der Waals surface area contributed by atoms with Crippen molar-refractivity contribution in [2.45, 2.75) is 0 Å². The van der Waals surface area contributed by atoms with Gasteiger partial charge in [-0.25, -0.2) is 4.98 Å². The van der Waals surface area contributed by atoms with Crippen LogP contribution in [0.3, 0.4) is 0 Å². The van der Waals surface area contributed by atoms with E-state index in [0.29, 0.717) is 11.8 Å². The zero-order valence-electron chi connectivity index (χ0n) is 12.5. The lowest BCUT2D eigenvalue weighted by Crippen LogP contribution is -2.00. The fourth-order valence-corrected chi connectivity index (χ4v) is 2.43. The smallest absolute Gasteiger partial charge is 0.229 e. The highest BCUT2D eigenvalue weighted by Crippen LogP contribution is 2.22. The number of hydrogen-bond acceptors (Lipinski definition) is 5. The van der Waals surface area contributed by atoms with Gasteiger partial charge in [0.2, 0.25) is 5.95 Å². The van der Waals surface area contributed by atoms with Crippen LogP contribution in [-0.2, 0) is 0 Å². The molecule has 0 unspecified atom stereocenters.